The normalized spacial score (nSPS) is 28.7. The van der Waals surface area contributed by atoms with Gasteiger partial charge in [-0.1, -0.05) is 27.7 Å². The molecule has 3 rings (SSSR count). The number of hydrogen-bond donors (Lipinski definition) is 0. The minimum atomic E-state index is 0.560. The van der Waals surface area contributed by atoms with Crippen LogP contribution >= 0.6 is 0 Å². The lowest BCUT2D eigenvalue weighted by atomic mass is 9.61. The van der Waals surface area contributed by atoms with Crippen molar-refractivity contribution in [2.75, 3.05) is 14.2 Å². The second-order valence-electron chi connectivity index (χ2n) is 8.56. The summed E-state index contributed by atoms with van der Waals surface area (Å²) in [5.74, 6) is 5.39. The molecule has 0 spiro atoms. The van der Waals surface area contributed by atoms with Gasteiger partial charge in [0.1, 0.15) is 0 Å². The van der Waals surface area contributed by atoms with E-state index in [1.807, 2.05) is 0 Å². The summed E-state index contributed by atoms with van der Waals surface area (Å²) in [6.07, 6.45) is 5.18. The second-order valence-corrected chi connectivity index (χ2v) is 8.56. The van der Waals surface area contributed by atoms with Crippen LogP contribution in [0.1, 0.15) is 93.4 Å². The van der Waals surface area contributed by atoms with Gasteiger partial charge in [-0.15, -0.1) is 0 Å². The maximum Gasteiger partial charge on any atom is 0.164 e. The molecule has 0 fully saturated rings. The van der Waals surface area contributed by atoms with Gasteiger partial charge in [0.05, 0.1) is 14.2 Å². The first kappa shape index (κ1) is 17.6. The lowest BCUT2D eigenvalue weighted by Gasteiger charge is -2.44. The van der Waals surface area contributed by atoms with Gasteiger partial charge in [-0.25, -0.2) is 0 Å². The molecular formula is C22H34O2. The third kappa shape index (κ3) is 2.62. The van der Waals surface area contributed by atoms with Crippen LogP contribution < -0.4 is 9.47 Å². The van der Waals surface area contributed by atoms with Gasteiger partial charge in [-0.2, -0.15) is 0 Å². The molecule has 1 aromatic rings. The molecular weight excluding hydrogens is 296 g/mol. The van der Waals surface area contributed by atoms with Crippen LogP contribution in [0.5, 0.6) is 11.5 Å². The van der Waals surface area contributed by atoms with Gasteiger partial charge in [-0.3, -0.25) is 0 Å². The summed E-state index contributed by atoms with van der Waals surface area (Å²) in [6, 6.07) is 0. The molecule has 0 aliphatic heterocycles. The largest absolute Gasteiger partial charge is 0.493 e. The lowest BCUT2D eigenvalue weighted by molar-refractivity contribution is 0.284. The molecule has 0 unspecified atom stereocenters. The van der Waals surface area contributed by atoms with Crippen molar-refractivity contribution in [1.29, 1.82) is 0 Å². The van der Waals surface area contributed by atoms with Crippen molar-refractivity contribution in [3.63, 3.8) is 0 Å². The molecule has 0 saturated carbocycles. The Kier molecular flexibility index (Phi) is 4.86. The highest BCUT2D eigenvalue weighted by Gasteiger charge is 2.41. The van der Waals surface area contributed by atoms with Gasteiger partial charge >= 0.3 is 0 Å². The molecule has 0 heterocycles. The molecule has 0 bridgehead atoms. The van der Waals surface area contributed by atoms with Crippen LogP contribution in [-0.2, 0) is 0 Å². The number of rotatable bonds is 4. The van der Waals surface area contributed by atoms with E-state index in [1.54, 1.807) is 25.3 Å². The minimum Gasteiger partial charge on any atom is -0.493 e. The van der Waals surface area contributed by atoms with Crippen LogP contribution in [0.2, 0.25) is 0 Å². The topological polar surface area (TPSA) is 18.5 Å². The van der Waals surface area contributed by atoms with Crippen molar-refractivity contribution in [3.05, 3.63) is 22.3 Å². The molecule has 0 aromatic heterocycles. The fourth-order valence-electron chi connectivity index (χ4n) is 5.55. The first-order chi connectivity index (χ1) is 11.4. The second kappa shape index (κ2) is 6.61. The van der Waals surface area contributed by atoms with Gasteiger partial charge in [0.2, 0.25) is 0 Å². The quantitative estimate of drug-likeness (QED) is 0.658. The van der Waals surface area contributed by atoms with Crippen LogP contribution in [0, 0.1) is 18.8 Å². The zero-order valence-corrected chi connectivity index (χ0v) is 16.5. The third-order valence-electron chi connectivity index (χ3n) is 6.47. The van der Waals surface area contributed by atoms with Crippen LogP contribution in [-0.4, -0.2) is 14.2 Å². The summed E-state index contributed by atoms with van der Waals surface area (Å²) in [7, 11) is 3.59. The van der Waals surface area contributed by atoms with Gasteiger partial charge in [-0.05, 0) is 78.9 Å². The zero-order chi connectivity index (χ0) is 17.6. The summed E-state index contributed by atoms with van der Waals surface area (Å²) in [6.45, 7) is 11.8. The van der Waals surface area contributed by atoms with E-state index in [0.29, 0.717) is 17.8 Å². The van der Waals surface area contributed by atoms with Gasteiger partial charge in [0, 0.05) is 5.56 Å². The molecule has 1 aromatic carbocycles. The molecule has 24 heavy (non-hydrogen) atoms. The van der Waals surface area contributed by atoms with Crippen LogP contribution in [0.15, 0.2) is 0 Å². The molecule has 2 aliphatic rings. The molecule has 0 radical (unpaired) electrons. The van der Waals surface area contributed by atoms with E-state index in [0.717, 1.165) is 23.3 Å². The molecule has 0 amide bonds. The third-order valence-corrected chi connectivity index (χ3v) is 6.47. The van der Waals surface area contributed by atoms with E-state index < -0.39 is 0 Å². The number of methoxy groups -OCH3 is 2. The monoisotopic (exact) mass is 330 g/mol. The first-order valence-electron chi connectivity index (χ1n) is 9.68. The van der Waals surface area contributed by atoms with Gasteiger partial charge in [0.15, 0.2) is 11.5 Å². The van der Waals surface area contributed by atoms with Gasteiger partial charge in [0.25, 0.3) is 0 Å². The van der Waals surface area contributed by atoms with Crippen LogP contribution in [0.25, 0.3) is 0 Å². The molecule has 0 N–H and O–H groups in total. The highest BCUT2D eigenvalue weighted by atomic mass is 16.5. The molecule has 0 saturated heterocycles. The average Bonchev–Trinajstić information content (AvgIpc) is 2.52. The van der Waals surface area contributed by atoms with E-state index in [9.17, 15) is 0 Å². The molecule has 4 atom stereocenters. The Balaban J connectivity index is 2.30. The Labute approximate surface area is 147 Å². The summed E-state index contributed by atoms with van der Waals surface area (Å²) in [5.41, 5.74) is 6.01. The highest BCUT2D eigenvalue weighted by molar-refractivity contribution is 5.64. The Hall–Kier alpha value is -1.18. The summed E-state index contributed by atoms with van der Waals surface area (Å²) < 4.78 is 11.7. The van der Waals surface area contributed by atoms with Crippen molar-refractivity contribution < 1.29 is 9.47 Å². The fraction of sp³-hybridized carbons (Fsp3) is 0.727. The Morgan fingerprint density at radius 2 is 1.62 bits per heavy atom. The van der Waals surface area contributed by atoms with Crippen molar-refractivity contribution >= 4 is 0 Å². The molecule has 2 aliphatic carbocycles. The maximum atomic E-state index is 5.88. The van der Waals surface area contributed by atoms with E-state index in [1.165, 1.54) is 36.8 Å². The smallest absolute Gasteiger partial charge is 0.164 e. The van der Waals surface area contributed by atoms with E-state index in [4.69, 9.17) is 9.47 Å². The average molecular weight is 331 g/mol. The Bertz CT molecular complexity index is 617. The van der Waals surface area contributed by atoms with Crippen molar-refractivity contribution in [2.45, 2.75) is 78.1 Å². The standard InChI is InChI=1S/C22H34O2/c1-12(2)10-16-11-14(4)17-9-8-13(3)18-20(17)19(16)15(5)21(23-6)22(18)24-7/h12-14,16-17H,8-11H2,1-7H3/t13-,14+,16+,17-/m1/s1. The van der Waals surface area contributed by atoms with E-state index in [-0.39, 0.29) is 0 Å². The predicted octanol–water partition coefficient (Wildman–Crippen LogP) is 6.16. The Morgan fingerprint density at radius 3 is 2.21 bits per heavy atom. The van der Waals surface area contributed by atoms with Crippen molar-refractivity contribution in [1.82, 2.24) is 0 Å². The van der Waals surface area contributed by atoms with Crippen LogP contribution in [0.3, 0.4) is 0 Å². The SMILES string of the molecule is COc1c(C)c2c3c(c1OC)[C@H](C)CC[C@@H]3[C@@H](C)C[C@@H]2CC(C)C. The maximum absolute atomic E-state index is 5.88. The van der Waals surface area contributed by atoms with E-state index in [2.05, 4.69) is 34.6 Å². The summed E-state index contributed by atoms with van der Waals surface area (Å²) in [5, 5.41) is 0. The molecule has 2 heteroatoms. The summed E-state index contributed by atoms with van der Waals surface area (Å²) in [4.78, 5) is 0. The molecule has 2 nitrogen and oxygen atoms in total. The fourth-order valence-corrected chi connectivity index (χ4v) is 5.55. The summed E-state index contributed by atoms with van der Waals surface area (Å²) >= 11 is 0. The van der Waals surface area contributed by atoms with Gasteiger partial charge < -0.3 is 9.47 Å². The predicted molar refractivity (Wildman–Crippen MR) is 101 cm³/mol. The van der Waals surface area contributed by atoms with Crippen molar-refractivity contribution in [2.24, 2.45) is 11.8 Å². The Morgan fingerprint density at radius 1 is 0.958 bits per heavy atom. The lowest BCUT2D eigenvalue weighted by Crippen LogP contribution is -2.29. The zero-order valence-electron chi connectivity index (χ0n) is 16.5. The van der Waals surface area contributed by atoms with Crippen LogP contribution in [0.4, 0.5) is 0 Å². The number of ether oxygens (including phenoxy) is 2. The van der Waals surface area contributed by atoms with Crippen molar-refractivity contribution in [3.8, 4) is 11.5 Å². The molecule has 134 valence electrons. The number of benzene rings is 1. The first-order valence-corrected chi connectivity index (χ1v) is 9.68. The van der Waals surface area contributed by atoms with E-state index >= 15 is 0 Å². The number of hydrogen-bond acceptors (Lipinski definition) is 2. The highest BCUT2D eigenvalue weighted by Crippen LogP contribution is 2.58. The minimum absolute atomic E-state index is 0.560.